The van der Waals surface area contributed by atoms with E-state index >= 15 is 0 Å². The first kappa shape index (κ1) is 11.6. The van der Waals surface area contributed by atoms with Gasteiger partial charge in [-0.1, -0.05) is 30.3 Å². The van der Waals surface area contributed by atoms with Gasteiger partial charge in [0.05, 0.1) is 0 Å². The van der Waals surface area contributed by atoms with Gasteiger partial charge in [0.2, 0.25) is 0 Å². The van der Waals surface area contributed by atoms with Crippen molar-refractivity contribution in [1.82, 2.24) is 4.90 Å². The van der Waals surface area contributed by atoms with Crippen LogP contribution in [0.15, 0.2) is 30.3 Å². The molecule has 2 nitrogen and oxygen atoms in total. The molecule has 0 bridgehead atoms. The fourth-order valence-electron chi connectivity index (χ4n) is 2.50. The number of hydrogen-bond acceptors (Lipinski definition) is 2. The molecule has 1 aromatic rings. The largest absolute Gasteiger partial charge is 0.396 e. The molecule has 2 rings (SSSR count). The van der Waals surface area contributed by atoms with E-state index in [-0.39, 0.29) is 0 Å². The van der Waals surface area contributed by atoms with E-state index in [1.165, 1.54) is 5.56 Å². The molecule has 0 amide bonds. The van der Waals surface area contributed by atoms with Crippen molar-refractivity contribution in [3.05, 3.63) is 35.9 Å². The highest BCUT2D eigenvalue weighted by atomic mass is 16.3. The summed E-state index contributed by atoms with van der Waals surface area (Å²) in [6.07, 6.45) is 2.26. The zero-order valence-corrected chi connectivity index (χ0v) is 9.97. The fourth-order valence-corrected chi connectivity index (χ4v) is 2.50. The molecule has 1 N–H and O–H groups in total. The highest BCUT2D eigenvalue weighted by Gasteiger charge is 2.25. The lowest BCUT2D eigenvalue weighted by molar-refractivity contribution is 0.203. The molecule has 1 heterocycles. The van der Waals surface area contributed by atoms with Crippen LogP contribution in [0.5, 0.6) is 0 Å². The first-order valence-electron chi connectivity index (χ1n) is 6.18. The highest BCUT2D eigenvalue weighted by molar-refractivity contribution is 5.15. The minimum atomic E-state index is 0.342. The Hall–Kier alpha value is -0.860. The van der Waals surface area contributed by atoms with Crippen LogP contribution in [-0.2, 0) is 6.42 Å². The maximum Gasteiger partial charge on any atom is 0.0471 e. The first-order chi connectivity index (χ1) is 7.79. The smallest absolute Gasteiger partial charge is 0.0471 e. The van der Waals surface area contributed by atoms with Crippen molar-refractivity contribution >= 4 is 0 Å². The second-order valence-electron chi connectivity index (χ2n) is 4.87. The first-order valence-corrected chi connectivity index (χ1v) is 6.18. The van der Waals surface area contributed by atoms with Crippen molar-refractivity contribution in [3.63, 3.8) is 0 Å². The Kier molecular flexibility index (Phi) is 3.97. The van der Waals surface area contributed by atoms with Gasteiger partial charge in [-0.3, -0.25) is 4.90 Å². The molecule has 2 heteroatoms. The third-order valence-electron chi connectivity index (χ3n) is 3.57. The average Bonchev–Trinajstić information content (AvgIpc) is 2.79. The standard InChI is InChI=1S/C14H21NO/c1-12(9-13-5-3-2-4-6-13)15-8-7-14(10-15)11-16/h2-6,12,14,16H,7-11H2,1H3/t12-,14+/m0/s1. The van der Waals surface area contributed by atoms with Crippen LogP contribution in [0.3, 0.4) is 0 Å². The van der Waals surface area contributed by atoms with E-state index in [1.807, 2.05) is 0 Å². The van der Waals surface area contributed by atoms with Gasteiger partial charge in [-0.25, -0.2) is 0 Å². The lowest BCUT2D eigenvalue weighted by Crippen LogP contribution is -2.32. The minimum absolute atomic E-state index is 0.342. The van der Waals surface area contributed by atoms with E-state index < -0.39 is 0 Å². The van der Waals surface area contributed by atoms with Crippen LogP contribution in [0.4, 0.5) is 0 Å². The summed E-state index contributed by atoms with van der Waals surface area (Å²) in [5.74, 6) is 0.498. The summed E-state index contributed by atoms with van der Waals surface area (Å²) in [5, 5.41) is 9.13. The molecule has 0 aliphatic carbocycles. The molecule has 1 fully saturated rings. The molecular weight excluding hydrogens is 198 g/mol. The maximum atomic E-state index is 9.13. The second-order valence-corrected chi connectivity index (χ2v) is 4.87. The Balaban J connectivity index is 1.87. The minimum Gasteiger partial charge on any atom is -0.396 e. The number of nitrogens with zero attached hydrogens (tertiary/aromatic N) is 1. The molecule has 1 aliphatic heterocycles. The number of aliphatic hydroxyl groups excluding tert-OH is 1. The Morgan fingerprint density at radius 3 is 2.75 bits per heavy atom. The van der Waals surface area contributed by atoms with Crippen molar-refractivity contribution < 1.29 is 5.11 Å². The monoisotopic (exact) mass is 219 g/mol. The van der Waals surface area contributed by atoms with E-state index in [1.54, 1.807) is 0 Å². The van der Waals surface area contributed by atoms with Gasteiger partial charge in [0.15, 0.2) is 0 Å². The van der Waals surface area contributed by atoms with Gasteiger partial charge >= 0.3 is 0 Å². The average molecular weight is 219 g/mol. The summed E-state index contributed by atoms with van der Waals surface area (Å²) in [7, 11) is 0. The lowest BCUT2D eigenvalue weighted by atomic mass is 10.1. The molecule has 16 heavy (non-hydrogen) atoms. The number of likely N-dealkylation sites (tertiary alicyclic amines) is 1. The predicted molar refractivity (Wildman–Crippen MR) is 66.4 cm³/mol. The summed E-state index contributed by atoms with van der Waals surface area (Å²) >= 11 is 0. The van der Waals surface area contributed by atoms with Gasteiger partial charge in [-0.2, -0.15) is 0 Å². The molecule has 0 spiro atoms. The van der Waals surface area contributed by atoms with E-state index in [4.69, 9.17) is 5.11 Å². The van der Waals surface area contributed by atoms with Gasteiger partial charge in [0, 0.05) is 19.2 Å². The molecule has 1 aromatic carbocycles. The highest BCUT2D eigenvalue weighted by Crippen LogP contribution is 2.19. The van der Waals surface area contributed by atoms with Crippen molar-refractivity contribution in [3.8, 4) is 0 Å². The molecule has 0 aromatic heterocycles. The van der Waals surface area contributed by atoms with Crippen LogP contribution in [0.25, 0.3) is 0 Å². The van der Waals surface area contributed by atoms with Crippen LogP contribution in [0.2, 0.25) is 0 Å². The van der Waals surface area contributed by atoms with Gasteiger partial charge in [0.25, 0.3) is 0 Å². The van der Waals surface area contributed by atoms with Crippen molar-refractivity contribution in [2.75, 3.05) is 19.7 Å². The van der Waals surface area contributed by atoms with E-state index in [0.717, 1.165) is 25.9 Å². The van der Waals surface area contributed by atoms with Gasteiger partial charge in [-0.15, -0.1) is 0 Å². The van der Waals surface area contributed by atoms with Gasteiger partial charge in [0.1, 0.15) is 0 Å². The Labute approximate surface area is 97.9 Å². The summed E-state index contributed by atoms with van der Waals surface area (Å²) in [6, 6.07) is 11.2. The number of rotatable bonds is 4. The van der Waals surface area contributed by atoms with E-state index in [0.29, 0.717) is 18.6 Å². The second kappa shape index (κ2) is 5.46. The van der Waals surface area contributed by atoms with Crippen LogP contribution in [0.1, 0.15) is 18.9 Å². The fraction of sp³-hybridized carbons (Fsp3) is 0.571. The zero-order valence-electron chi connectivity index (χ0n) is 9.97. The molecule has 88 valence electrons. The molecule has 0 unspecified atom stereocenters. The Morgan fingerprint density at radius 1 is 1.38 bits per heavy atom. The summed E-state index contributed by atoms with van der Waals surface area (Å²) in [4.78, 5) is 2.49. The quantitative estimate of drug-likeness (QED) is 0.836. The van der Waals surface area contributed by atoms with Crippen LogP contribution < -0.4 is 0 Å². The lowest BCUT2D eigenvalue weighted by Gasteiger charge is -2.24. The molecule has 1 saturated heterocycles. The Bertz CT molecular complexity index is 312. The molecule has 2 atom stereocenters. The molecular formula is C14H21NO. The van der Waals surface area contributed by atoms with Gasteiger partial charge < -0.3 is 5.11 Å². The maximum absolute atomic E-state index is 9.13. The number of benzene rings is 1. The topological polar surface area (TPSA) is 23.5 Å². The zero-order chi connectivity index (χ0) is 11.4. The number of hydrogen-bond donors (Lipinski definition) is 1. The molecule has 0 radical (unpaired) electrons. The summed E-state index contributed by atoms with van der Waals surface area (Å²) < 4.78 is 0. The van der Waals surface area contributed by atoms with E-state index in [2.05, 4.69) is 42.2 Å². The third kappa shape index (κ3) is 2.83. The van der Waals surface area contributed by atoms with Crippen molar-refractivity contribution in [1.29, 1.82) is 0 Å². The number of aliphatic hydroxyl groups is 1. The summed E-state index contributed by atoms with van der Waals surface area (Å²) in [5.41, 5.74) is 1.41. The Morgan fingerprint density at radius 2 is 2.12 bits per heavy atom. The SMILES string of the molecule is C[C@@H](Cc1ccccc1)N1CC[C@@H](CO)C1. The van der Waals surface area contributed by atoms with Gasteiger partial charge in [-0.05, 0) is 37.8 Å². The van der Waals surface area contributed by atoms with Crippen LogP contribution >= 0.6 is 0 Å². The van der Waals surface area contributed by atoms with Crippen molar-refractivity contribution in [2.24, 2.45) is 5.92 Å². The molecule has 1 aliphatic rings. The van der Waals surface area contributed by atoms with E-state index in [9.17, 15) is 0 Å². The van der Waals surface area contributed by atoms with Crippen LogP contribution in [-0.4, -0.2) is 35.7 Å². The third-order valence-corrected chi connectivity index (χ3v) is 3.57. The molecule has 0 saturated carbocycles. The summed E-state index contributed by atoms with van der Waals surface area (Å²) in [6.45, 7) is 4.82. The van der Waals surface area contributed by atoms with Crippen molar-refractivity contribution in [2.45, 2.75) is 25.8 Å². The normalized spacial score (nSPS) is 23.5. The van der Waals surface area contributed by atoms with Crippen LogP contribution in [0, 0.1) is 5.92 Å². The predicted octanol–water partition coefficient (Wildman–Crippen LogP) is 1.93.